The number of aryl methyl sites for hydroxylation is 3. The summed E-state index contributed by atoms with van der Waals surface area (Å²) in [4.78, 5) is 15.0. The van der Waals surface area contributed by atoms with E-state index in [0.717, 1.165) is 16.7 Å². The minimum Gasteiger partial charge on any atom is -0.464 e. The van der Waals surface area contributed by atoms with Crippen LogP contribution >= 0.6 is 11.6 Å². The summed E-state index contributed by atoms with van der Waals surface area (Å²) in [5, 5.41) is 1.38. The lowest BCUT2D eigenvalue weighted by atomic mass is 10.1. The van der Waals surface area contributed by atoms with Crippen LogP contribution in [0, 0.1) is 20.8 Å². The second kappa shape index (κ2) is 7.22. The van der Waals surface area contributed by atoms with Crippen molar-refractivity contribution in [3.63, 3.8) is 0 Å². The van der Waals surface area contributed by atoms with E-state index in [-0.39, 0.29) is 29.7 Å². The lowest BCUT2D eigenvalue weighted by Gasteiger charge is -2.26. The minimum absolute atomic E-state index is 0.0529. The maximum absolute atomic E-state index is 13.5. The summed E-state index contributed by atoms with van der Waals surface area (Å²) < 4.78 is 35.6. The fourth-order valence-electron chi connectivity index (χ4n) is 3.80. The maximum atomic E-state index is 13.5. The summed E-state index contributed by atoms with van der Waals surface area (Å²) in [5.41, 5.74) is 2.13. The summed E-state index contributed by atoms with van der Waals surface area (Å²) in [7, 11) is -3.16. The van der Waals surface area contributed by atoms with Crippen molar-refractivity contribution in [2.45, 2.75) is 39.8 Å². The molecular weight excluding hydrogens is 414 g/mol. The van der Waals surface area contributed by atoms with E-state index >= 15 is 0 Å². The fourth-order valence-corrected chi connectivity index (χ4v) is 5.70. The number of carbonyl (C=O) groups is 1. The highest BCUT2D eigenvalue weighted by Crippen LogP contribution is 2.32. The Balaban J connectivity index is 1.74. The summed E-state index contributed by atoms with van der Waals surface area (Å²) >= 11 is 6.24. The maximum Gasteiger partial charge on any atom is 0.290 e. The van der Waals surface area contributed by atoms with Gasteiger partial charge in [-0.15, -0.1) is 0 Å². The van der Waals surface area contributed by atoms with E-state index in [4.69, 9.17) is 20.4 Å². The van der Waals surface area contributed by atoms with Crippen LogP contribution in [-0.4, -0.2) is 36.8 Å². The van der Waals surface area contributed by atoms with Gasteiger partial charge in [-0.2, -0.15) is 0 Å². The summed E-state index contributed by atoms with van der Waals surface area (Å²) in [6.07, 6.45) is 0.401. The van der Waals surface area contributed by atoms with Crippen molar-refractivity contribution in [2.75, 3.05) is 11.5 Å². The zero-order valence-corrected chi connectivity index (χ0v) is 18.1. The lowest BCUT2D eigenvalue weighted by Crippen LogP contribution is -2.40. The minimum atomic E-state index is -3.16. The van der Waals surface area contributed by atoms with Crippen molar-refractivity contribution < 1.29 is 22.0 Å². The fraction of sp³-hybridized carbons (Fsp3) is 0.381. The van der Waals surface area contributed by atoms with Crippen LogP contribution in [-0.2, 0) is 16.4 Å². The van der Waals surface area contributed by atoms with E-state index in [1.54, 1.807) is 17.0 Å². The van der Waals surface area contributed by atoms with Crippen LogP contribution in [0.1, 0.15) is 39.6 Å². The third-order valence-electron chi connectivity index (χ3n) is 5.44. The number of sulfone groups is 1. The van der Waals surface area contributed by atoms with E-state index in [9.17, 15) is 13.2 Å². The molecule has 1 atom stereocenters. The van der Waals surface area contributed by atoms with Gasteiger partial charge in [-0.3, -0.25) is 4.79 Å². The number of hydrogen-bond acceptors (Lipinski definition) is 5. The van der Waals surface area contributed by atoms with Crippen LogP contribution in [0.15, 0.2) is 33.1 Å². The first-order valence-electron chi connectivity index (χ1n) is 9.40. The van der Waals surface area contributed by atoms with Gasteiger partial charge in [-0.1, -0.05) is 11.6 Å². The van der Waals surface area contributed by atoms with Crippen molar-refractivity contribution >= 4 is 38.3 Å². The Kier molecular flexibility index (Phi) is 4.99. The van der Waals surface area contributed by atoms with Gasteiger partial charge in [0.1, 0.15) is 17.1 Å². The van der Waals surface area contributed by atoms with Crippen molar-refractivity contribution in [1.29, 1.82) is 0 Å². The molecule has 0 saturated carbocycles. The molecule has 1 amide bonds. The number of fused-ring (bicyclic) bond motifs is 1. The normalized spacial score (nSPS) is 18.4. The molecule has 2 aromatic heterocycles. The van der Waals surface area contributed by atoms with E-state index in [1.807, 2.05) is 32.9 Å². The van der Waals surface area contributed by atoms with E-state index in [1.165, 1.54) is 0 Å². The van der Waals surface area contributed by atoms with Gasteiger partial charge in [0.25, 0.3) is 5.91 Å². The van der Waals surface area contributed by atoms with E-state index in [2.05, 4.69) is 0 Å². The molecule has 1 aromatic carbocycles. The third-order valence-corrected chi connectivity index (χ3v) is 7.60. The molecule has 6 nitrogen and oxygen atoms in total. The molecule has 0 unspecified atom stereocenters. The zero-order chi connectivity index (χ0) is 20.9. The van der Waals surface area contributed by atoms with Crippen LogP contribution in [0.25, 0.3) is 11.0 Å². The van der Waals surface area contributed by atoms with Crippen molar-refractivity contribution in [2.24, 2.45) is 0 Å². The smallest absolute Gasteiger partial charge is 0.290 e. The quantitative estimate of drug-likeness (QED) is 0.605. The first-order chi connectivity index (χ1) is 13.6. The second-order valence-corrected chi connectivity index (χ2v) is 10.3. The van der Waals surface area contributed by atoms with E-state index < -0.39 is 15.9 Å². The predicted octanol–water partition coefficient (Wildman–Crippen LogP) is 4.43. The highest BCUT2D eigenvalue weighted by atomic mass is 35.5. The van der Waals surface area contributed by atoms with Gasteiger partial charge >= 0.3 is 0 Å². The highest BCUT2D eigenvalue weighted by Gasteiger charge is 2.37. The molecule has 4 rings (SSSR count). The molecule has 3 heterocycles. The summed E-state index contributed by atoms with van der Waals surface area (Å²) in [6, 6.07) is 6.80. The van der Waals surface area contributed by atoms with Gasteiger partial charge in [0.05, 0.1) is 18.1 Å². The number of carbonyl (C=O) groups excluding carboxylic acids is 1. The van der Waals surface area contributed by atoms with Crippen LogP contribution in [0.2, 0.25) is 5.02 Å². The molecule has 0 spiro atoms. The number of amides is 1. The standard InChI is InChI=1S/C21H22ClNO5S/c1-12-8-19-17(9-18(12)22)14(3)20(28-19)21(24)23(10-16-5-4-13(2)27-16)15-6-7-29(25,26)11-15/h4-5,8-9,15H,6-7,10-11H2,1-3H3/t15-/m1/s1. The molecule has 3 aromatic rings. The molecule has 0 bridgehead atoms. The molecule has 1 aliphatic heterocycles. The second-order valence-electron chi connectivity index (χ2n) is 7.66. The number of hydrogen-bond donors (Lipinski definition) is 0. The first kappa shape index (κ1) is 20.0. The van der Waals surface area contributed by atoms with Crippen LogP contribution in [0.3, 0.4) is 0 Å². The topological polar surface area (TPSA) is 80.7 Å². The van der Waals surface area contributed by atoms with Gasteiger partial charge in [-0.25, -0.2) is 8.42 Å². The number of benzene rings is 1. The van der Waals surface area contributed by atoms with E-state index in [0.29, 0.717) is 28.4 Å². The summed E-state index contributed by atoms with van der Waals surface area (Å²) in [5.74, 6) is 1.22. The van der Waals surface area contributed by atoms with Crippen molar-refractivity contribution in [1.82, 2.24) is 4.90 Å². The molecule has 0 aliphatic carbocycles. The van der Waals surface area contributed by atoms with Crippen LogP contribution in [0.5, 0.6) is 0 Å². The molecule has 1 saturated heterocycles. The summed E-state index contributed by atoms with van der Waals surface area (Å²) in [6.45, 7) is 5.69. The lowest BCUT2D eigenvalue weighted by molar-refractivity contribution is 0.0634. The number of rotatable bonds is 4. The molecule has 1 fully saturated rings. The van der Waals surface area contributed by atoms with Crippen molar-refractivity contribution in [3.05, 3.63) is 57.7 Å². The molecular formula is C21H22ClNO5S. The predicted molar refractivity (Wildman–Crippen MR) is 111 cm³/mol. The SMILES string of the molecule is Cc1ccc(CN(C(=O)c2oc3cc(C)c(Cl)cc3c2C)[C@@H]2CCS(=O)(=O)C2)o1. The molecule has 0 radical (unpaired) electrons. The number of nitrogens with zero attached hydrogens (tertiary/aromatic N) is 1. The Labute approximate surface area is 174 Å². The molecule has 0 N–H and O–H groups in total. The molecule has 29 heavy (non-hydrogen) atoms. The Morgan fingerprint density at radius 3 is 2.59 bits per heavy atom. The first-order valence-corrected chi connectivity index (χ1v) is 11.6. The average molecular weight is 436 g/mol. The van der Waals surface area contributed by atoms with Gasteiger partial charge in [0.15, 0.2) is 15.6 Å². The molecule has 8 heteroatoms. The van der Waals surface area contributed by atoms with Gasteiger partial charge in [0.2, 0.25) is 0 Å². The Morgan fingerprint density at radius 2 is 1.97 bits per heavy atom. The average Bonchev–Trinajstić information content (AvgIpc) is 3.31. The van der Waals surface area contributed by atoms with Gasteiger partial charge < -0.3 is 13.7 Å². The number of halogens is 1. The Bertz CT molecular complexity index is 1210. The van der Waals surface area contributed by atoms with Gasteiger partial charge in [-0.05, 0) is 57.0 Å². The van der Waals surface area contributed by atoms with Gasteiger partial charge in [0, 0.05) is 22.0 Å². The van der Waals surface area contributed by atoms with Crippen molar-refractivity contribution in [3.8, 4) is 0 Å². The highest BCUT2D eigenvalue weighted by molar-refractivity contribution is 7.91. The largest absolute Gasteiger partial charge is 0.464 e. The monoisotopic (exact) mass is 435 g/mol. The Morgan fingerprint density at radius 1 is 1.21 bits per heavy atom. The zero-order valence-electron chi connectivity index (χ0n) is 16.5. The number of furan rings is 2. The van der Waals surface area contributed by atoms with Crippen LogP contribution < -0.4 is 0 Å². The third kappa shape index (κ3) is 3.81. The Hall–Kier alpha value is -2.25. The van der Waals surface area contributed by atoms with Crippen LogP contribution in [0.4, 0.5) is 0 Å². The molecule has 1 aliphatic rings. The molecule has 154 valence electrons.